The van der Waals surface area contributed by atoms with Gasteiger partial charge >= 0.3 is 0 Å². The second-order valence-corrected chi connectivity index (χ2v) is 11.9. The molecule has 2 heterocycles. The summed E-state index contributed by atoms with van der Waals surface area (Å²) in [4.78, 5) is 31.1. The van der Waals surface area contributed by atoms with Gasteiger partial charge in [0.15, 0.2) is 5.54 Å². The fourth-order valence-electron chi connectivity index (χ4n) is 6.55. The van der Waals surface area contributed by atoms with Gasteiger partial charge in [0.2, 0.25) is 0 Å². The SMILES string of the molecule is Cc1ccc2cc3n(c2c1)C[C@@](C(=O)NC1CCCCCCC1)(c1ccccc1)N(Cc1cccc(Cl)c1)C3=O. The minimum atomic E-state index is -1.23. The highest BCUT2D eigenvalue weighted by Crippen LogP contribution is 2.41. The van der Waals surface area contributed by atoms with Crippen LogP contribution < -0.4 is 5.32 Å². The summed E-state index contributed by atoms with van der Waals surface area (Å²) in [5.41, 5.74) is 3.17. The van der Waals surface area contributed by atoms with Crippen molar-refractivity contribution in [3.63, 3.8) is 0 Å². The van der Waals surface area contributed by atoms with E-state index in [9.17, 15) is 9.59 Å². The second kappa shape index (κ2) is 11.1. The van der Waals surface area contributed by atoms with Gasteiger partial charge < -0.3 is 14.8 Å². The van der Waals surface area contributed by atoms with Gasteiger partial charge in [-0.3, -0.25) is 9.59 Å². The van der Waals surface area contributed by atoms with Gasteiger partial charge in [0, 0.05) is 28.5 Å². The molecule has 1 fully saturated rings. The highest BCUT2D eigenvalue weighted by molar-refractivity contribution is 6.30. The average Bonchev–Trinajstić information content (AvgIpc) is 3.29. The zero-order valence-corrected chi connectivity index (χ0v) is 23.8. The van der Waals surface area contributed by atoms with Crippen LogP contribution in [-0.4, -0.2) is 27.3 Å². The van der Waals surface area contributed by atoms with Crippen molar-refractivity contribution in [2.75, 3.05) is 0 Å². The lowest BCUT2D eigenvalue weighted by atomic mass is 9.83. The number of fused-ring (bicyclic) bond motifs is 3. The summed E-state index contributed by atoms with van der Waals surface area (Å²) in [5, 5.41) is 5.06. The topological polar surface area (TPSA) is 54.3 Å². The summed E-state index contributed by atoms with van der Waals surface area (Å²) in [6.45, 7) is 2.67. The molecule has 206 valence electrons. The maximum atomic E-state index is 14.8. The molecule has 4 aromatic rings. The van der Waals surface area contributed by atoms with Gasteiger partial charge in [0.05, 0.1) is 6.54 Å². The van der Waals surface area contributed by atoms with E-state index >= 15 is 0 Å². The molecule has 0 spiro atoms. The van der Waals surface area contributed by atoms with Crippen LogP contribution in [0.4, 0.5) is 0 Å². The molecule has 3 aromatic carbocycles. The summed E-state index contributed by atoms with van der Waals surface area (Å²) >= 11 is 6.37. The van der Waals surface area contributed by atoms with Crippen LogP contribution in [0.15, 0.2) is 78.9 Å². The summed E-state index contributed by atoms with van der Waals surface area (Å²) < 4.78 is 2.06. The third kappa shape index (κ3) is 4.92. The van der Waals surface area contributed by atoms with Gasteiger partial charge in [0.25, 0.3) is 11.8 Å². The van der Waals surface area contributed by atoms with E-state index < -0.39 is 5.54 Å². The first kappa shape index (κ1) is 26.6. The molecular formula is C34H36ClN3O2. The van der Waals surface area contributed by atoms with Gasteiger partial charge in [-0.2, -0.15) is 0 Å². The van der Waals surface area contributed by atoms with E-state index in [0.717, 1.165) is 53.3 Å². The maximum absolute atomic E-state index is 14.8. The van der Waals surface area contributed by atoms with Crippen molar-refractivity contribution < 1.29 is 9.59 Å². The van der Waals surface area contributed by atoms with Crippen LogP contribution in [0.25, 0.3) is 10.9 Å². The van der Waals surface area contributed by atoms with Crippen molar-refractivity contribution in [2.24, 2.45) is 0 Å². The van der Waals surface area contributed by atoms with Gasteiger partial charge in [0.1, 0.15) is 5.69 Å². The van der Waals surface area contributed by atoms with E-state index in [4.69, 9.17) is 11.6 Å². The Morgan fingerprint density at radius 1 is 0.925 bits per heavy atom. The number of rotatable bonds is 5. The number of benzene rings is 3. The molecule has 40 heavy (non-hydrogen) atoms. The maximum Gasteiger partial charge on any atom is 0.272 e. The molecule has 6 rings (SSSR count). The summed E-state index contributed by atoms with van der Waals surface area (Å²) in [5.74, 6) is -0.267. The zero-order chi connectivity index (χ0) is 27.7. The molecule has 6 heteroatoms. The molecule has 0 saturated heterocycles. The van der Waals surface area contributed by atoms with Crippen molar-refractivity contribution in [2.45, 2.75) is 76.5 Å². The predicted molar refractivity (Wildman–Crippen MR) is 160 cm³/mol. The fraction of sp³-hybridized carbons (Fsp3) is 0.353. The molecule has 2 aliphatic rings. The summed E-state index contributed by atoms with van der Waals surface area (Å²) in [6, 6.07) is 25.7. The number of nitrogens with zero attached hydrogens (tertiary/aromatic N) is 2. The Balaban J connectivity index is 1.52. The number of hydrogen-bond acceptors (Lipinski definition) is 2. The minimum Gasteiger partial charge on any atom is -0.351 e. The number of aromatic nitrogens is 1. The smallest absolute Gasteiger partial charge is 0.272 e. The predicted octanol–water partition coefficient (Wildman–Crippen LogP) is 7.38. The Morgan fingerprint density at radius 2 is 1.68 bits per heavy atom. The van der Waals surface area contributed by atoms with Crippen molar-refractivity contribution in [1.29, 1.82) is 0 Å². The molecule has 0 unspecified atom stereocenters. The molecule has 0 radical (unpaired) electrons. The first-order chi connectivity index (χ1) is 19.5. The van der Waals surface area contributed by atoms with Gasteiger partial charge in [-0.05, 0) is 60.7 Å². The Morgan fingerprint density at radius 3 is 2.42 bits per heavy atom. The lowest BCUT2D eigenvalue weighted by Gasteiger charge is -2.47. The van der Waals surface area contributed by atoms with Crippen molar-refractivity contribution >= 4 is 34.3 Å². The molecule has 2 amide bonds. The summed E-state index contributed by atoms with van der Waals surface area (Å²) in [6.07, 6.45) is 7.83. The van der Waals surface area contributed by atoms with Crippen molar-refractivity contribution in [3.8, 4) is 0 Å². The van der Waals surface area contributed by atoms with E-state index in [2.05, 4.69) is 35.0 Å². The molecule has 1 N–H and O–H groups in total. The number of amides is 2. The first-order valence-corrected chi connectivity index (χ1v) is 14.9. The normalized spacial score (nSPS) is 20.1. The van der Waals surface area contributed by atoms with Crippen molar-refractivity contribution in [1.82, 2.24) is 14.8 Å². The molecule has 1 aliphatic heterocycles. The van der Waals surface area contributed by atoms with Crippen LogP contribution >= 0.6 is 11.6 Å². The van der Waals surface area contributed by atoms with Gasteiger partial charge in [-0.25, -0.2) is 0 Å². The molecule has 1 saturated carbocycles. The Hall–Kier alpha value is -3.57. The molecule has 5 nitrogen and oxygen atoms in total. The van der Waals surface area contributed by atoms with Crippen molar-refractivity contribution in [3.05, 3.63) is 106 Å². The fourth-order valence-corrected chi connectivity index (χ4v) is 6.77. The minimum absolute atomic E-state index is 0.0987. The van der Waals surface area contributed by atoms with Gasteiger partial charge in [-0.1, -0.05) is 98.3 Å². The zero-order valence-electron chi connectivity index (χ0n) is 23.0. The number of carbonyl (C=O) groups excluding carboxylic acids is 2. The van der Waals surface area contributed by atoms with E-state index in [1.165, 1.54) is 19.3 Å². The third-order valence-corrected chi connectivity index (χ3v) is 8.90. The number of carbonyl (C=O) groups is 2. The summed E-state index contributed by atoms with van der Waals surface area (Å²) in [7, 11) is 0. The van der Waals surface area contributed by atoms with Crippen LogP contribution in [0.3, 0.4) is 0 Å². The number of halogens is 1. The molecular weight excluding hydrogens is 518 g/mol. The third-order valence-electron chi connectivity index (χ3n) is 8.67. The number of aryl methyl sites for hydroxylation is 1. The van der Waals surface area contributed by atoms with E-state index in [1.54, 1.807) is 4.90 Å². The quantitative estimate of drug-likeness (QED) is 0.280. The monoisotopic (exact) mass is 553 g/mol. The van der Waals surface area contributed by atoms with E-state index in [1.807, 2.05) is 60.7 Å². The number of nitrogens with one attached hydrogen (secondary N) is 1. The highest BCUT2D eigenvalue weighted by atomic mass is 35.5. The molecule has 1 aliphatic carbocycles. The van der Waals surface area contributed by atoms with Crippen LogP contribution in [-0.2, 0) is 23.4 Å². The largest absolute Gasteiger partial charge is 0.351 e. The standard InChI is InChI=1S/C34H36ClN3O2/c1-24-17-18-26-21-31-32(39)38(22-25-11-10-14-28(35)20-25)34(23-37(31)30(26)19-24,27-12-6-5-7-13-27)33(40)36-29-15-8-3-2-4-9-16-29/h5-7,10-14,17-21,29H,2-4,8-9,15-16,22-23H2,1H3,(H,36,40)/t34-/m0/s1. The van der Waals surface area contributed by atoms with E-state index in [-0.39, 0.29) is 24.4 Å². The van der Waals surface area contributed by atoms with E-state index in [0.29, 0.717) is 17.3 Å². The second-order valence-electron chi connectivity index (χ2n) is 11.4. The molecule has 1 aromatic heterocycles. The van der Waals surface area contributed by atoms with Crippen LogP contribution in [0.1, 0.15) is 72.1 Å². The number of hydrogen-bond donors (Lipinski definition) is 1. The lowest BCUT2D eigenvalue weighted by molar-refractivity contribution is -0.136. The first-order valence-electron chi connectivity index (χ1n) is 14.5. The molecule has 0 bridgehead atoms. The van der Waals surface area contributed by atoms with Crippen LogP contribution in [0, 0.1) is 6.92 Å². The van der Waals surface area contributed by atoms with Crippen LogP contribution in [0.2, 0.25) is 5.02 Å². The highest BCUT2D eigenvalue weighted by Gasteiger charge is 2.52. The molecule has 1 atom stereocenters. The Bertz CT molecular complexity index is 1540. The van der Waals surface area contributed by atoms with Gasteiger partial charge in [-0.15, -0.1) is 0 Å². The van der Waals surface area contributed by atoms with Crippen LogP contribution in [0.5, 0.6) is 0 Å². The average molecular weight is 554 g/mol. The Kier molecular flexibility index (Phi) is 7.41. The Labute approximate surface area is 241 Å². The lowest BCUT2D eigenvalue weighted by Crippen LogP contribution is -2.64.